The first-order valence-corrected chi connectivity index (χ1v) is 10.5. The van der Waals surface area contributed by atoms with Gasteiger partial charge in [0.1, 0.15) is 4.90 Å². The van der Waals surface area contributed by atoms with Gasteiger partial charge in [-0.05, 0) is 36.1 Å². The molecule has 2 aliphatic rings. The zero-order valence-corrected chi connectivity index (χ0v) is 15.9. The van der Waals surface area contributed by atoms with E-state index in [4.69, 9.17) is 4.98 Å². The van der Waals surface area contributed by atoms with Crippen LogP contribution in [0.3, 0.4) is 0 Å². The maximum Gasteiger partial charge on any atom is 0.244 e. The lowest BCUT2D eigenvalue weighted by Crippen LogP contribution is -2.34. The van der Waals surface area contributed by atoms with Crippen molar-refractivity contribution in [3.05, 3.63) is 48.8 Å². The van der Waals surface area contributed by atoms with Gasteiger partial charge in [-0.15, -0.1) is 0 Å². The molecule has 140 valence electrons. The van der Waals surface area contributed by atoms with E-state index in [1.54, 1.807) is 22.6 Å². The van der Waals surface area contributed by atoms with Crippen molar-refractivity contribution in [3.63, 3.8) is 0 Å². The molecule has 2 saturated heterocycles. The summed E-state index contributed by atoms with van der Waals surface area (Å²) in [4.78, 5) is 11.3. The number of hydrogen-bond acceptors (Lipinski definition) is 5. The van der Waals surface area contributed by atoms with Crippen LogP contribution < -0.4 is 4.90 Å². The molecule has 4 heterocycles. The Morgan fingerprint density at radius 3 is 2.41 bits per heavy atom. The summed E-state index contributed by atoms with van der Waals surface area (Å²) in [6.07, 6.45) is 3.02. The number of benzene rings is 1. The molecule has 2 aromatic heterocycles. The summed E-state index contributed by atoms with van der Waals surface area (Å²) in [5.41, 5.74) is 2.11. The third-order valence-electron chi connectivity index (χ3n) is 5.77. The predicted molar refractivity (Wildman–Crippen MR) is 103 cm³/mol. The molecule has 8 heteroatoms. The monoisotopic (exact) mass is 383 g/mol. The van der Waals surface area contributed by atoms with Gasteiger partial charge in [0.2, 0.25) is 16.0 Å². The Morgan fingerprint density at radius 2 is 1.74 bits per heavy atom. The van der Waals surface area contributed by atoms with Gasteiger partial charge in [0, 0.05) is 45.6 Å². The van der Waals surface area contributed by atoms with Crippen LogP contribution in [-0.2, 0) is 17.1 Å². The smallest absolute Gasteiger partial charge is 0.244 e. The Kier molecular flexibility index (Phi) is 3.73. The maximum absolute atomic E-state index is 12.8. The summed E-state index contributed by atoms with van der Waals surface area (Å²) in [5, 5.41) is 0. The van der Waals surface area contributed by atoms with Gasteiger partial charge in [0.15, 0.2) is 0 Å². The van der Waals surface area contributed by atoms with E-state index < -0.39 is 10.0 Å². The molecule has 2 aliphatic heterocycles. The number of pyridine rings is 1. The standard InChI is InChI=1S/C19H21N5O2S/c1-22-18-7-3-2-6-17(18)21-19(22)23-10-14-12-24(13-15(14)11-23)27(25,26)16-5-4-8-20-9-16/h2-9,14-15H,10-13H2,1H3. The molecule has 2 atom stereocenters. The van der Waals surface area contributed by atoms with E-state index in [0.717, 1.165) is 30.1 Å². The Balaban J connectivity index is 1.36. The van der Waals surface area contributed by atoms with Crippen molar-refractivity contribution in [3.8, 4) is 0 Å². The van der Waals surface area contributed by atoms with Crippen molar-refractivity contribution < 1.29 is 8.42 Å². The van der Waals surface area contributed by atoms with Crippen molar-refractivity contribution in [2.75, 3.05) is 31.1 Å². The molecule has 7 nitrogen and oxygen atoms in total. The van der Waals surface area contributed by atoms with Crippen LogP contribution in [0.1, 0.15) is 0 Å². The first kappa shape index (κ1) is 16.7. The van der Waals surface area contributed by atoms with Crippen molar-refractivity contribution >= 4 is 27.0 Å². The Morgan fingerprint density at radius 1 is 1.00 bits per heavy atom. The summed E-state index contributed by atoms with van der Waals surface area (Å²) in [6, 6.07) is 11.4. The minimum absolute atomic E-state index is 0.275. The summed E-state index contributed by atoms with van der Waals surface area (Å²) < 4.78 is 29.4. The topological polar surface area (TPSA) is 71.3 Å². The number of rotatable bonds is 3. The second-order valence-electron chi connectivity index (χ2n) is 7.40. The number of hydrogen-bond donors (Lipinski definition) is 0. The second kappa shape index (κ2) is 6.03. The van der Waals surface area contributed by atoms with E-state index in [1.165, 1.54) is 6.20 Å². The molecule has 0 aliphatic carbocycles. The lowest BCUT2D eigenvalue weighted by atomic mass is 10.0. The fourth-order valence-electron chi connectivity index (χ4n) is 4.37. The molecular formula is C19H21N5O2S. The fraction of sp³-hybridized carbons (Fsp3) is 0.368. The summed E-state index contributed by atoms with van der Waals surface area (Å²) in [7, 11) is -1.42. The van der Waals surface area contributed by atoms with E-state index in [-0.39, 0.29) is 4.90 Å². The number of aryl methyl sites for hydroxylation is 1. The molecule has 27 heavy (non-hydrogen) atoms. The number of anilines is 1. The van der Waals surface area contributed by atoms with Crippen LogP contribution >= 0.6 is 0 Å². The highest BCUT2D eigenvalue weighted by atomic mass is 32.2. The Hall–Kier alpha value is -2.45. The molecule has 0 saturated carbocycles. The summed E-state index contributed by atoms with van der Waals surface area (Å²) >= 11 is 0. The highest BCUT2D eigenvalue weighted by molar-refractivity contribution is 7.89. The minimum atomic E-state index is -3.46. The average Bonchev–Trinajstić information content (AvgIpc) is 3.34. The van der Waals surface area contributed by atoms with E-state index in [1.807, 2.05) is 25.2 Å². The normalized spacial score (nSPS) is 23.2. The van der Waals surface area contributed by atoms with E-state index >= 15 is 0 Å². The van der Waals surface area contributed by atoms with Gasteiger partial charge in [0.25, 0.3) is 0 Å². The number of para-hydroxylation sites is 2. The number of fused-ring (bicyclic) bond motifs is 2. The SMILES string of the molecule is Cn1c(N2CC3CN(S(=O)(=O)c4cccnc4)CC3C2)nc2ccccc21. The zero-order valence-electron chi connectivity index (χ0n) is 15.1. The van der Waals surface area contributed by atoms with Gasteiger partial charge in [-0.25, -0.2) is 13.4 Å². The van der Waals surface area contributed by atoms with Gasteiger partial charge in [-0.1, -0.05) is 12.1 Å². The van der Waals surface area contributed by atoms with E-state index in [9.17, 15) is 8.42 Å². The third-order valence-corrected chi connectivity index (χ3v) is 7.59. The zero-order chi connectivity index (χ0) is 18.6. The van der Waals surface area contributed by atoms with Gasteiger partial charge >= 0.3 is 0 Å². The number of nitrogens with zero attached hydrogens (tertiary/aromatic N) is 5. The van der Waals surface area contributed by atoms with Crippen LogP contribution in [0.25, 0.3) is 11.0 Å². The molecular weight excluding hydrogens is 362 g/mol. The van der Waals surface area contributed by atoms with Gasteiger partial charge in [0.05, 0.1) is 11.0 Å². The molecule has 5 rings (SSSR count). The third kappa shape index (κ3) is 2.62. The summed E-state index contributed by atoms with van der Waals surface area (Å²) in [5.74, 6) is 1.62. The maximum atomic E-state index is 12.8. The van der Waals surface area contributed by atoms with Gasteiger partial charge in [-0.2, -0.15) is 4.31 Å². The van der Waals surface area contributed by atoms with Crippen LogP contribution in [0.4, 0.5) is 5.95 Å². The minimum Gasteiger partial charge on any atom is -0.342 e. The molecule has 0 radical (unpaired) electrons. The van der Waals surface area contributed by atoms with Gasteiger partial charge < -0.3 is 9.47 Å². The average molecular weight is 383 g/mol. The predicted octanol–water partition coefficient (Wildman–Crippen LogP) is 1.73. The van der Waals surface area contributed by atoms with Crippen molar-refractivity contribution in [2.45, 2.75) is 4.90 Å². The van der Waals surface area contributed by atoms with Crippen molar-refractivity contribution in [1.29, 1.82) is 0 Å². The van der Waals surface area contributed by atoms with Crippen LogP contribution in [0.15, 0.2) is 53.7 Å². The largest absolute Gasteiger partial charge is 0.342 e. The van der Waals surface area contributed by atoms with Crippen LogP contribution in [0, 0.1) is 11.8 Å². The lowest BCUT2D eigenvalue weighted by Gasteiger charge is -2.22. The van der Waals surface area contributed by atoms with Crippen LogP contribution in [0.2, 0.25) is 0 Å². The summed E-state index contributed by atoms with van der Waals surface area (Å²) in [6.45, 7) is 2.78. The molecule has 1 aromatic carbocycles. The highest BCUT2D eigenvalue weighted by Crippen LogP contribution is 2.36. The molecule has 3 aromatic rings. The number of sulfonamides is 1. The quantitative estimate of drug-likeness (QED) is 0.689. The Labute approximate surface area is 158 Å². The Bertz CT molecular complexity index is 1080. The van der Waals surface area contributed by atoms with Crippen molar-refractivity contribution in [1.82, 2.24) is 18.8 Å². The second-order valence-corrected chi connectivity index (χ2v) is 9.33. The molecule has 0 amide bonds. The van der Waals surface area contributed by atoms with Crippen molar-refractivity contribution in [2.24, 2.45) is 18.9 Å². The first-order valence-electron chi connectivity index (χ1n) is 9.10. The lowest BCUT2D eigenvalue weighted by molar-refractivity contribution is 0.452. The van der Waals surface area contributed by atoms with Crippen LogP contribution in [0.5, 0.6) is 0 Å². The number of aromatic nitrogens is 3. The van der Waals surface area contributed by atoms with Gasteiger partial charge in [-0.3, -0.25) is 4.98 Å². The van der Waals surface area contributed by atoms with E-state index in [0.29, 0.717) is 24.9 Å². The molecule has 0 bridgehead atoms. The molecule has 0 N–H and O–H groups in total. The first-order chi connectivity index (χ1) is 13.0. The highest BCUT2D eigenvalue weighted by Gasteiger charge is 2.45. The number of imidazole rings is 1. The molecule has 2 fully saturated rings. The fourth-order valence-corrected chi connectivity index (χ4v) is 5.89. The van der Waals surface area contributed by atoms with E-state index in [2.05, 4.69) is 20.5 Å². The molecule has 2 unspecified atom stereocenters. The van der Waals surface area contributed by atoms with Crippen LogP contribution in [-0.4, -0.2) is 53.4 Å². The molecule has 0 spiro atoms.